The van der Waals surface area contributed by atoms with Crippen LogP contribution >= 0.6 is 23.3 Å². The molecule has 5 rings (SSSR count). The number of carbonyl (C=O) groups excluding carboxylic acids is 1. The first-order valence-corrected chi connectivity index (χ1v) is 16.2. The number of rotatable bonds is 12. The van der Waals surface area contributed by atoms with Crippen LogP contribution < -0.4 is 14.9 Å². The number of benzene rings is 2. The van der Waals surface area contributed by atoms with Crippen molar-refractivity contribution in [3.63, 3.8) is 0 Å². The zero-order valence-corrected chi connectivity index (χ0v) is 26.9. The molecule has 0 atom stereocenters. The van der Waals surface area contributed by atoms with Gasteiger partial charge in [-0.1, -0.05) is 25.1 Å². The van der Waals surface area contributed by atoms with Crippen LogP contribution in [-0.4, -0.2) is 66.6 Å². The summed E-state index contributed by atoms with van der Waals surface area (Å²) in [5, 5.41) is 4.20. The first-order chi connectivity index (χ1) is 21.9. The third kappa shape index (κ3) is 8.34. The van der Waals surface area contributed by atoms with Crippen molar-refractivity contribution in [3.05, 3.63) is 88.6 Å². The van der Waals surface area contributed by atoms with Crippen molar-refractivity contribution in [2.45, 2.75) is 25.2 Å². The zero-order chi connectivity index (χ0) is 31.6. The Bertz CT molecular complexity index is 1670. The summed E-state index contributed by atoms with van der Waals surface area (Å²) in [5.74, 6) is 0.659. The molecule has 0 aliphatic carbocycles. The SMILES string of the molecule is C=N/C(=C\C=N/CNc1ccc(N2CCN(C(C)=O)CC2)nc1)c1sc(CC)nc1-c1ccc(F)c(NSc2ccccc2)c1. The number of pyridine rings is 1. The third-order valence-electron chi connectivity index (χ3n) is 7.15. The molecule has 2 N–H and O–H groups in total. The predicted molar refractivity (Wildman–Crippen MR) is 186 cm³/mol. The van der Waals surface area contributed by atoms with E-state index >= 15 is 0 Å². The van der Waals surface area contributed by atoms with E-state index in [1.807, 2.05) is 54.3 Å². The highest BCUT2D eigenvalue weighted by Gasteiger charge is 2.20. The first kappa shape index (κ1) is 31.9. The van der Waals surface area contributed by atoms with Gasteiger partial charge in [0.05, 0.1) is 38.8 Å². The molecule has 2 aromatic heterocycles. The first-order valence-electron chi connectivity index (χ1n) is 14.6. The molecule has 1 fully saturated rings. The lowest BCUT2D eigenvalue weighted by molar-refractivity contribution is -0.129. The molecular formula is C33H35FN8OS2. The molecule has 1 aliphatic rings. The number of anilines is 3. The normalized spacial score (nSPS) is 13.7. The molecule has 12 heteroatoms. The summed E-state index contributed by atoms with van der Waals surface area (Å²) >= 11 is 2.89. The molecule has 4 aromatic rings. The molecule has 1 saturated heterocycles. The lowest BCUT2D eigenvalue weighted by atomic mass is 10.1. The van der Waals surface area contributed by atoms with E-state index < -0.39 is 0 Å². The van der Waals surface area contributed by atoms with Crippen molar-refractivity contribution in [2.75, 3.05) is 47.8 Å². The van der Waals surface area contributed by atoms with E-state index in [1.165, 1.54) is 18.0 Å². The Morgan fingerprint density at radius 3 is 2.62 bits per heavy atom. The largest absolute Gasteiger partial charge is 0.365 e. The maximum atomic E-state index is 14.7. The van der Waals surface area contributed by atoms with Gasteiger partial charge in [0.2, 0.25) is 5.91 Å². The number of nitrogens with zero attached hydrogens (tertiary/aromatic N) is 6. The van der Waals surface area contributed by atoms with Crippen LogP contribution in [0, 0.1) is 5.82 Å². The zero-order valence-electron chi connectivity index (χ0n) is 25.2. The van der Waals surface area contributed by atoms with Crippen LogP contribution in [0.25, 0.3) is 17.0 Å². The van der Waals surface area contributed by atoms with Gasteiger partial charge in [-0.2, -0.15) is 0 Å². The minimum Gasteiger partial charge on any atom is -0.365 e. The number of amides is 1. The van der Waals surface area contributed by atoms with Gasteiger partial charge in [-0.05, 0) is 73.6 Å². The van der Waals surface area contributed by atoms with E-state index in [1.54, 1.807) is 48.9 Å². The van der Waals surface area contributed by atoms with Gasteiger partial charge in [0.15, 0.2) is 0 Å². The summed E-state index contributed by atoms with van der Waals surface area (Å²) in [5.41, 5.74) is 3.38. The van der Waals surface area contributed by atoms with E-state index in [-0.39, 0.29) is 11.7 Å². The Balaban J connectivity index is 1.23. The number of aryl methyl sites for hydroxylation is 1. The summed E-state index contributed by atoms with van der Waals surface area (Å²) in [4.78, 5) is 35.6. The van der Waals surface area contributed by atoms with Crippen LogP contribution in [0.4, 0.5) is 21.6 Å². The van der Waals surface area contributed by atoms with Gasteiger partial charge < -0.3 is 19.8 Å². The number of aliphatic imine (C=N–C) groups is 2. The second kappa shape index (κ2) is 15.4. The standard InChI is InChI=1S/C33H35FN8OS2/c1-4-31-39-32(24-10-12-27(34)29(20-24)40-45-26-8-6-5-7-9-26)33(44-31)28(35-3)14-15-36-22-38-25-11-13-30(37-21-25)42-18-16-41(17-19-42)23(2)43/h5-15,20-21,38,40H,3-4,16-19,22H2,1-2H3/b28-14-,36-15-. The Labute approximate surface area is 271 Å². The molecule has 0 unspecified atom stereocenters. The van der Waals surface area contributed by atoms with Crippen molar-refractivity contribution in [1.82, 2.24) is 14.9 Å². The molecule has 3 heterocycles. The van der Waals surface area contributed by atoms with Crippen LogP contribution in [0.5, 0.6) is 0 Å². The molecule has 0 spiro atoms. The minimum absolute atomic E-state index is 0.111. The van der Waals surface area contributed by atoms with E-state index in [9.17, 15) is 9.18 Å². The van der Waals surface area contributed by atoms with Gasteiger partial charge >= 0.3 is 0 Å². The molecular weight excluding hydrogens is 608 g/mol. The molecule has 232 valence electrons. The monoisotopic (exact) mass is 642 g/mol. The maximum Gasteiger partial charge on any atom is 0.219 e. The molecule has 2 aromatic carbocycles. The van der Waals surface area contributed by atoms with Crippen molar-refractivity contribution in [1.29, 1.82) is 0 Å². The summed E-state index contributed by atoms with van der Waals surface area (Å²) in [6, 6.07) is 18.7. The lowest BCUT2D eigenvalue weighted by Crippen LogP contribution is -2.48. The Morgan fingerprint density at radius 1 is 1.13 bits per heavy atom. The quantitative estimate of drug-likeness (QED) is 0.129. The molecule has 45 heavy (non-hydrogen) atoms. The average molecular weight is 643 g/mol. The van der Waals surface area contributed by atoms with Crippen LogP contribution in [0.1, 0.15) is 23.7 Å². The maximum absolute atomic E-state index is 14.7. The Kier molecular flexibility index (Phi) is 10.9. The number of halogens is 1. The van der Waals surface area contributed by atoms with E-state index in [2.05, 4.69) is 36.6 Å². The molecule has 1 aliphatic heterocycles. The summed E-state index contributed by atoms with van der Waals surface area (Å²) in [6.07, 6.45) is 6.05. The smallest absolute Gasteiger partial charge is 0.219 e. The number of hydrogen-bond donors (Lipinski definition) is 2. The highest BCUT2D eigenvalue weighted by molar-refractivity contribution is 8.00. The molecule has 0 radical (unpaired) electrons. The number of aromatic nitrogens is 2. The molecule has 0 bridgehead atoms. The third-order valence-corrected chi connectivity index (χ3v) is 9.20. The van der Waals surface area contributed by atoms with Crippen molar-refractivity contribution in [3.8, 4) is 11.3 Å². The summed E-state index contributed by atoms with van der Waals surface area (Å²) in [7, 11) is 0. The summed E-state index contributed by atoms with van der Waals surface area (Å²) in [6.45, 7) is 10.7. The number of piperazine rings is 1. The van der Waals surface area contributed by atoms with Gasteiger partial charge in [-0.25, -0.2) is 14.4 Å². The number of thiazole rings is 1. The van der Waals surface area contributed by atoms with Crippen LogP contribution in [-0.2, 0) is 11.2 Å². The Hall–Kier alpha value is -4.55. The van der Waals surface area contributed by atoms with Crippen molar-refractivity contribution in [2.24, 2.45) is 9.98 Å². The number of allylic oxidation sites excluding steroid dienone is 1. The minimum atomic E-state index is -0.343. The second-order valence-corrected chi connectivity index (χ2v) is 12.1. The second-order valence-electron chi connectivity index (χ2n) is 10.1. The van der Waals surface area contributed by atoms with E-state index in [0.717, 1.165) is 57.1 Å². The van der Waals surface area contributed by atoms with Crippen LogP contribution in [0.2, 0.25) is 0 Å². The van der Waals surface area contributed by atoms with Crippen molar-refractivity contribution < 1.29 is 9.18 Å². The van der Waals surface area contributed by atoms with Crippen LogP contribution in [0.15, 0.2) is 87.8 Å². The van der Waals surface area contributed by atoms with E-state index in [4.69, 9.17) is 4.98 Å². The average Bonchev–Trinajstić information content (AvgIpc) is 3.51. The van der Waals surface area contributed by atoms with Gasteiger partial charge in [0.1, 0.15) is 18.3 Å². The van der Waals surface area contributed by atoms with Crippen LogP contribution in [0.3, 0.4) is 0 Å². The fourth-order valence-electron chi connectivity index (χ4n) is 4.68. The predicted octanol–water partition coefficient (Wildman–Crippen LogP) is 6.88. The van der Waals surface area contributed by atoms with Crippen molar-refractivity contribution >= 4 is 65.0 Å². The van der Waals surface area contributed by atoms with E-state index in [0.29, 0.717) is 31.1 Å². The van der Waals surface area contributed by atoms with Gasteiger partial charge in [-0.3, -0.25) is 14.8 Å². The topological polar surface area (TPSA) is 98.1 Å². The number of carbonyl (C=O) groups is 1. The molecule has 1 amide bonds. The highest BCUT2D eigenvalue weighted by Crippen LogP contribution is 2.36. The Morgan fingerprint density at radius 2 is 1.93 bits per heavy atom. The lowest BCUT2D eigenvalue weighted by Gasteiger charge is -2.34. The summed E-state index contributed by atoms with van der Waals surface area (Å²) < 4.78 is 17.8. The van der Waals surface area contributed by atoms with Gasteiger partial charge in [0.25, 0.3) is 0 Å². The highest BCUT2D eigenvalue weighted by atomic mass is 32.2. The number of nitrogens with one attached hydrogen (secondary N) is 2. The fourth-order valence-corrected chi connectivity index (χ4v) is 6.37. The van der Waals surface area contributed by atoms with Gasteiger partial charge in [-0.15, -0.1) is 11.3 Å². The molecule has 0 saturated carbocycles. The van der Waals surface area contributed by atoms with Gasteiger partial charge in [0, 0.05) is 49.8 Å². The molecule has 9 nitrogen and oxygen atoms in total. The number of hydrogen-bond acceptors (Lipinski definition) is 10. The fraction of sp³-hybridized carbons (Fsp3) is 0.242.